The van der Waals surface area contributed by atoms with E-state index in [9.17, 15) is 22.4 Å². The summed E-state index contributed by atoms with van der Waals surface area (Å²) in [6.07, 6.45) is 3.60. The topological polar surface area (TPSA) is 91.8 Å². The fourth-order valence-electron chi connectivity index (χ4n) is 4.27. The van der Waals surface area contributed by atoms with Gasteiger partial charge in [0.05, 0.1) is 6.26 Å². The normalized spacial score (nSPS) is 14.8. The van der Waals surface area contributed by atoms with Gasteiger partial charge in [0.1, 0.15) is 5.82 Å². The quantitative estimate of drug-likeness (QED) is 0.309. The molecule has 192 valence electrons. The Kier molecular flexibility index (Phi) is 9.73. The van der Waals surface area contributed by atoms with Crippen LogP contribution in [-0.4, -0.2) is 55.3 Å². The van der Waals surface area contributed by atoms with E-state index in [0.29, 0.717) is 23.3 Å². The van der Waals surface area contributed by atoms with Crippen LogP contribution in [0.25, 0.3) is 10.8 Å². The van der Waals surface area contributed by atoms with Gasteiger partial charge in [-0.1, -0.05) is 29.8 Å². The standard InChI is InChI=1S/C26H25ClFNO2.CH4O3S/c27-23-8-5-20-16-22(4-3-21(20)17-23)26(31)19-11-14-29(15-12-19)13-1-2-25(30)18-6-9-24(28)10-7-18;1-5(2,3)4/h3-10,16-17,19H,1-2,11-15H2;1H3,(H,2,3,4). The zero-order chi connectivity index (χ0) is 26.3. The summed E-state index contributed by atoms with van der Waals surface area (Å²) in [6.45, 7) is 2.57. The van der Waals surface area contributed by atoms with Crippen molar-refractivity contribution in [1.29, 1.82) is 0 Å². The van der Waals surface area contributed by atoms with Crippen LogP contribution in [0.3, 0.4) is 0 Å². The van der Waals surface area contributed by atoms with Crippen molar-refractivity contribution < 1.29 is 27.0 Å². The molecule has 3 aromatic rings. The Morgan fingerprint density at radius 2 is 1.53 bits per heavy atom. The Balaban J connectivity index is 0.000000658. The molecule has 0 atom stereocenters. The third-order valence-electron chi connectivity index (χ3n) is 6.09. The lowest BCUT2D eigenvalue weighted by Crippen LogP contribution is -2.37. The number of benzene rings is 3. The first-order valence-electron chi connectivity index (χ1n) is 11.7. The molecule has 1 aliphatic rings. The van der Waals surface area contributed by atoms with Crippen molar-refractivity contribution in [3.05, 3.63) is 82.6 Å². The van der Waals surface area contributed by atoms with Crippen molar-refractivity contribution in [1.82, 2.24) is 4.90 Å². The van der Waals surface area contributed by atoms with Crippen molar-refractivity contribution in [3.8, 4) is 0 Å². The molecular weight excluding hydrogens is 505 g/mol. The van der Waals surface area contributed by atoms with Gasteiger partial charge >= 0.3 is 0 Å². The maximum atomic E-state index is 13.0. The van der Waals surface area contributed by atoms with Gasteiger partial charge in [0.15, 0.2) is 11.6 Å². The number of carbonyl (C=O) groups is 2. The number of nitrogens with zero attached hydrogens (tertiary/aromatic N) is 1. The van der Waals surface area contributed by atoms with Crippen molar-refractivity contribution in [3.63, 3.8) is 0 Å². The van der Waals surface area contributed by atoms with Crippen LogP contribution in [0.5, 0.6) is 0 Å². The molecule has 6 nitrogen and oxygen atoms in total. The summed E-state index contributed by atoms with van der Waals surface area (Å²) in [4.78, 5) is 27.5. The van der Waals surface area contributed by atoms with Gasteiger partial charge in [0.2, 0.25) is 0 Å². The number of piperidine rings is 1. The lowest BCUT2D eigenvalue weighted by atomic mass is 9.88. The molecule has 3 aromatic carbocycles. The van der Waals surface area contributed by atoms with Crippen LogP contribution in [0.2, 0.25) is 5.02 Å². The number of Topliss-reactive ketones (excluding diaryl/α,β-unsaturated/α-hetero) is 2. The Hall–Kier alpha value is -2.65. The van der Waals surface area contributed by atoms with Crippen LogP contribution >= 0.6 is 11.6 Å². The summed E-state index contributed by atoms with van der Waals surface area (Å²) in [5.74, 6) is -0.0328. The number of ketones is 2. The number of hydrogen-bond donors (Lipinski definition) is 1. The number of halogens is 2. The second-order valence-electron chi connectivity index (χ2n) is 8.95. The van der Waals surface area contributed by atoms with Crippen molar-refractivity contribution in [2.45, 2.75) is 25.7 Å². The number of hydrogen-bond acceptors (Lipinski definition) is 5. The van der Waals surface area contributed by atoms with Gasteiger partial charge in [0, 0.05) is 28.5 Å². The summed E-state index contributed by atoms with van der Waals surface area (Å²) in [7, 11) is -3.67. The van der Waals surface area contributed by atoms with Crippen LogP contribution in [0.1, 0.15) is 46.4 Å². The number of carbonyl (C=O) groups excluding carboxylic acids is 2. The van der Waals surface area contributed by atoms with Crippen LogP contribution in [0.15, 0.2) is 60.7 Å². The Labute approximate surface area is 215 Å². The molecule has 4 rings (SSSR count). The predicted molar refractivity (Wildman–Crippen MR) is 140 cm³/mol. The maximum absolute atomic E-state index is 13.0. The van der Waals surface area contributed by atoms with Crippen LogP contribution in [0.4, 0.5) is 4.39 Å². The Morgan fingerprint density at radius 3 is 2.17 bits per heavy atom. The van der Waals surface area contributed by atoms with Gasteiger partial charge in [-0.15, -0.1) is 0 Å². The highest BCUT2D eigenvalue weighted by atomic mass is 35.5. The SMILES string of the molecule is CS(=O)(=O)O.O=C(CCCN1CCC(C(=O)c2ccc3cc(Cl)ccc3c2)CC1)c1ccc(F)cc1. The van der Waals surface area contributed by atoms with Gasteiger partial charge in [-0.25, -0.2) is 4.39 Å². The molecular formula is C27H29ClFNO5S. The third kappa shape index (κ3) is 8.78. The maximum Gasteiger partial charge on any atom is 0.261 e. The molecule has 1 N–H and O–H groups in total. The minimum atomic E-state index is -3.67. The van der Waals surface area contributed by atoms with Gasteiger partial charge in [-0.2, -0.15) is 8.42 Å². The van der Waals surface area contributed by atoms with E-state index in [1.165, 1.54) is 24.3 Å². The fourth-order valence-corrected chi connectivity index (χ4v) is 4.45. The third-order valence-corrected chi connectivity index (χ3v) is 6.32. The first-order valence-corrected chi connectivity index (χ1v) is 13.9. The summed E-state index contributed by atoms with van der Waals surface area (Å²) in [5.41, 5.74) is 1.32. The monoisotopic (exact) mass is 533 g/mol. The van der Waals surface area contributed by atoms with Crippen LogP contribution in [0, 0.1) is 11.7 Å². The first kappa shape index (κ1) is 27.9. The molecule has 9 heteroatoms. The van der Waals surface area contributed by atoms with Gasteiger partial charge in [-0.05, 0) is 92.1 Å². The zero-order valence-electron chi connectivity index (χ0n) is 20.0. The van der Waals surface area contributed by atoms with E-state index in [1.54, 1.807) is 0 Å². The van der Waals surface area contributed by atoms with Gasteiger partial charge < -0.3 is 4.90 Å². The van der Waals surface area contributed by atoms with E-state index < -0.39 is 10.1 Å². The molecule has 1 aliphatic heterocycles. The molecule has 0 spiro atoms. The minimum Gasteiger partial charge on any atom is -0.303 e. The largest absolute Gasteiger partial charge is 0.303 e. The molecule has 0 unspecified atom stereocenters. The van der Waals surface area contributed by atoms with Crippen molar-refractivity contribution >= 4 is 44.1 Å². The highest BCUT2D eigenvalue weighted by Gasteiger charge is 2.25. The second-order valence-corrected chi connectivity index (χ2v) is 10.9. The summed E-state index contributed by atoms with van der Waals surface area (Å²) in [6, 6.07) is 17.2. The summed E-state index contributed by atoms with van der Waals surface area (Å²) < 4.78 is 38.8. The Bertz CT molecular complexity index is 1310. The molecule has 0 aromatic heterocycles. The van der Waals surface area contributed by atoms with E-state index in [0.717, 1.165) is 55.2 Å². The van der Waals surface area contributed by atoms with E-state index in [-0.39, 0.29) is 23.3 Å². The summed E-state index contributed by atoms with van der Waals surface area (Å²) in [5, 5.41) is 2.76. The first-order chi connectivity index (χ1) is 17.0. The van der Waals surface area contributed by atoms with E-state index in [4.69, 9.17) is 16.2 Å². The zero-order valence-corrected chi connectivity index (χ0v) is 21.6. The van der Waals surface area contributed by atoms with Crippen LogP contribution < -0.4 is 0 Å². The van der Waals surface area contributed by atoms with Crippen molar-refractivity contribution in [2.75, 3.05) is 25.9 Å². The second kappa shape index (κ2) is 12.5. The molecule has 1 heterocycles. The van der Waals surface area contributed by atoms with E-state index >= 15 is 0 Å². The van der Waals surface area contributed by atoms with Crippen LogP contribution in [-0.2, 0) is 10.1 Å². The van der Waals surface area contributed by atoms with Crippen molar-refractivity contribution in [2.24, 2.45) is 5.92 Å². The molecule has 1 fully saturated rings. The van der Waals surface area contributed by atoms with Gasteiger partial charge in [-0.3, -0.25) is 14.1 Å². The Morgan fingerprint density at radius 1 is 0.972 bits per heavy atom. The number of fused-ring (bicyclic) bond motifs is 1. The average Bonchev–Trinajstić information content (AvgIpc) is 2.83. The average molecular weight is 534 g/mol. The molecule has 0 amide bonds. The summed E-state index contributed by atoms with van der Waals surface area (Å²) >= 11 is 6.04. The predicted octanol–water partition coefficient (Wildman–Crippen LogP) is 5.69. The highest BCUT2D eigenvalue weighted by Crippen LogP contribution is 2.26. The number of rotatable bonds is 7. The smallest absolute Gasteiger partial charge is 0.261 e. The van der Waals surface area contributed by atoms with E-state index in [1.807, 2.05) is 36.4 Å². The van der Waals surface area contributed by atoms with Gasteiger partial charge in [0.25, 0.3) is 10.1 Å². The number of likely N-dealkylation sites (tertiary alicyclic amines) is 1. The molecule has 0 bridgehead atoms. The molecule has 0 saturated carbocycles. The highest BCUT2D eigenvalue weighted by molar-refractivity contribution is 7.85. The molecule has 0 aliphatic carbocycles. The molecule has 36 heavy (non-hydrogen) atoms. The lowest BCUT2D eigenvalue weighted by molar-refractivity contribution is 0.0837. The minimum absolute atomic E-state index is 0.0434. The molecule has 1 saturated heterocycles. The van der Waals surface area contributed by atoms with E-state index in [2.05, 4.69) is 4.90 Å². The molecule has 0 radical (unpaired) electrons. The fraction of sp³-hybridized carbons (Fsp3) is 0.333. The lowest BCUT2D eigenvalue weighted by Gasteiger charge is -2.31.